The summed E-state index contributed by atoms with van der Waals surface area (Å²) >= 11 is 0. The Hall–Kier alpha value is -1.55. The molecule has 1 aromatic rings. The van der Waals surface area contributed by atoms with Crippen molar-refractivity contribution in [1.29, 1.82) is 0 Å². The van der Waals surface area contributed by atoms with Crippen LogP contribution in [0.15, 0.2) is 12.1 Å². The van der Waals surface area contributed by atoms with Crippen LogP contribution in [0.3, 0.4) is 0 Å². The second-order valence-electron chi connectivity index (χ2n) is 3.56. The molecule has 1 aromatic carbocycles. The molecule has 0 radical (unpaired) electrons. The van der Waals surface area contributed by atoms with Crippen LogP contribution < -0.4 is 5.32 Å². The lowest BCUT2D eigenvalue weighted by Gasteiger charge is -2.10. The Morgan fingerprint density at radius 1 is 1.33 bits per heavy atom. The predicted molar refractivity (Wildman–Crippen MR) is 56.9 cm³/mol. The number of aliphatic carboxylic acids is 1. The number of aromatic hydroxyl groups is 1. The molecule has 0 saturated carbocycles. The largest absolute Gasteiger partial charge is 0.508 e. The van der Waals surface area contributed by atoms with Gasteiger partial charge in [0.2, 0.25) is 0 Å². The van der Waals surface area contributed by atoms with E-state index in [1.54, 1.807) is 12.1 Å². The fourth-order valence-corrected chi connectivity index (χ4v) is 1.54. The fourth-order valence-electron chi connectivity index (χ4n) is 1.54. The maximum Gasteiger partial charge on any atom is 0.317 e. The summed E-state index contributed by atoms with van der Waals surface area (Å²) in [6.45, 7) is 4.24. The van der Waals surface area contributed by atoms with Crippen LogP contribution in [0.2, 0.25) is 0 Å². The first-order valence-electron chi connectivity index (χ1n) is 4.72. The molecule has 1 rings (SSSR count). The van der Waals surface area contributed by atoms with Gasteiger partial charge >= 0.3 is 5.97 Å². The Morgan fingerprint density at radius 2 is 1.87 bits per heavy atom. The summed E-state index contributed by atoms with van der Waals surface area (Å²) in [6.07, 6.45) is 0. The first-order chi connectivity index (χ1) is 7.00. The summed E-state index contributed by atoms with van der Waals surface area (Å²) in [6, 6.07) is 3.34. The molecule has 0 amide bonds. The molecule has 0 aromatic heterocycles. The Kier molecular flexibility index (Phi) is 3.68. The van der Waals surface area contributed by atoms with Crippen LogP contribution in [0.5, 0.6) is 5.75 Å². The van der Waals surface area contributed by atoms with Crippen molar-refractivity contribution in [3.8, 4) is 5.75 Å². The van der Waals surface area contributed by atoms with Crippen molar-refractivity contribution in [2.45, 2.75) is 20.4 Å². The van der Waals surface area contributed by atoms with Crippen LogP contribution in [-0.2, 0) is 11.3 Å². The Labute approximate surface area is 88.6 Å². The molecule has 0 unspecified atom stereocenters. The second-order valence-corrected chi connectivity index (χ2v) is 3.56. The van der Waals surface area contributed by atoms with Gasteiger partial charge in [0.05, 0.1) is 6.54 Å². The maximum atomic E-state index is 10.3. The monoisotopic (exact) mass is 209 g/mol. The number of carbonyl (C=O) groups is 1. The minimum absolute atomic E-state index is 0.0558. The highest BCUT2D eigenvalue weighted by atomic mass is 16.4. The maximum absolute atomic E-state index is 10.3. The third kappa shape index (κ3) is 3.25. The van der Waals surface area contributed by atoms with E-state index in [2.05, 4.69) is 5.32 Å². The quantitative estimate of drug-likeness (QED) is 0.696. The van der Waals surface area contributed by atoms with Gasteiger partial charge in [-0.2, -0.15) is 0 Å². The van der Waals surface area contributed by atoms with E-state index in [-0.39, 0.29) is 12.3 Å². The first kappa shape index (κ1) is 11.5. The number of phenolic OH excluding ortho intramolecular Hbond substituents is 1. The van der Waals surface area contributed by atoms with Gasteiger partial charge in [-0.3, -0.25) is 4.79 Å². The van der Waals surface area contributed by atoms with Gasteiger partial charge < -0.3 is 15.5 Å². The molecule has 0 aliphatic heterocycles. The van der Waals surface area contributed by atoms with Gasteiger partial charge in [-0.25, -0.2) is 0 Å². The molecule has 4 nitrogen and oxygen atoms in total. The number of benzene rings is 1. The Morgan fingerprint density at radius 3 is 2.33 bits per heavy atom. The van der Waals surface area contributed by atoms with Gasteiger partial charge in [0.1, 0.15) is 5.75 Å². The van der Waals surface area contributed by atoms with Crippen LogP contribution in [-0.4, -0.2) is 22.7 Å². The number of phenols is 1. The molecule has 0 bridgehead atoms. The van der Waals surface area contributed by atoms with Crippen LogP contribution in [0.25, 0.3) is 0 Å². The van der Waals surface area contributed by atoms with Gasteiger partial charge in [0.25, 0.3) is 0 Å². The lowest BCUT2D eigenvalue weighted by molar-refractivity contribution is -0.136. The lowest BCUT2D eigenvalue weighted by Crippen LogP contribution is -2.22. The van der Waals surface area contributed by atoms with Crippen molar-refractivity contribution >= 4 is 5.97 Å². The van der Waals surface area contributed by atoms with Gasteiger partial charge in [-0.15, -0.1) is 0 Å². The Balaban J connectivity index is 2.72. The van der Waals surface area contributed by atoms with Gasteiger partial charge in [-0.1, -0.05) is 0 Å². The zero-order valence-corrected chi connectivity index (χ0v) is 8.87. The van der Waals surface area contributed by atoms with Crippen molar-refractivity contribution in [3.05, 3.63) is 28.8 Å². The molecule has 82 valence electrons. The van der Waals surface area contributed by atoms with Crippen molar-refractivity contribution in [2.75, 3.05) is 6.54 Å². The standard InChI is InChI=1S/C11H15NO3/c1-7-3-9(13)4-8(2)10(7)5-12-6-11(14)15/h3-4,12-13H,5-6H2,1-2H3,(H,14,15). The highest BCUT2D eigenvalue weighted by Crippen LogP contribution is 2.20. The molecule has 15 heavy (non-hydrogen) atoms. The molecular weight excluding hydrogens is 194 g/mol. The highest BCUT2D eigenvalue weighted by Gasteiger charge is 2.05. The van der Waals surface area contributed by atoms with E-state index in [1.165, 1.54) is 0 Å². The van der Waals surface area contributed by atoms with Crippen molar-refractivity contribution in [1.82, 2.24) is 5.32 Å². The zero-order chi connectivity index (χ0) is 11.4. The summed E-state index contributed by atoms with van der Waals surface area (Å²) in [5, 5.41) is 20.6. The molecule has 3 N–H and O–H groups in total. The van der Waals surface area contributed by atoms with E-state index in [9.17, 15) is 9.90 Å². The minimum atomic E-state index is -0.871. The van der Waals surface area contributed by atoms with Gasteiger partial charge in [0, 0.05) is 6.54 Å². The third-order valence-electron chi connectivity index (χ3n) is 2.26. The summed E-state index contributed by atoms with van der Waals surface area (Å²) < 4.78 is 0. The average Bonchev–Trinajstić information content (AvgIpc) is 2.08. The highest BCUT2D eigenvalue weighted by molar-refractivity contribution is 5.69. The molecule has 0 fully saturated rings. The molecule has 0 atom stereocenters. The summed E-state index contributed by atoms with van der Waals surface area (Å²) in [5.41, 5.74) is 2.96. The molecule has 0 spiro atoms. The molecule has 0 aliphatic rings. The van der Waals surface area contributed by atoms with E-state index >= 15 is 0 Å². The van der Waals surface area contributed by atoms with E-state index in [1.807, 2.05) is 13.8 Å². The summed E-state index contributed by atoms with van der Waals surface area (Å²) in [5.74, 6) is -0.629. The number of rotatable bonds is 4. The number of aryl methyl sites for hydroxylation is 2. The number of nitrogens with one attached hydrogen (secondary N) is 1. The van der Waals surface area contributed by atoms with Crippen molar-refractivity contribution in [2.24, 2.45) is 0 Å². The van der Waals surface area contributed by atoms with E-state index in [4.69, 9.17) is 5.11 Å². The predicted octanol–water partition coefficient (Wildman–Crippen LogP) is 1.18. The van der Waals surface area contributed by atoms with Crippen LogP contribution in [0.4, 0.5) is 0 Å². The molecule has 0 saturated heterocycles. The van der Waals surface area contributed by atoms with Gasteiger partial charge in [-0.05, 0) is 42.7 Å². The van der Waals surface area contributed by atoms with Gasteiger partial charge in [0.15, 0.2) is 0 Å². The minimum Gasteiger partial charge on any atom is -0.508 e. The second kappa shape index (κ2) is 4.79. The van der Waals surface area contributed by atoms with Crippen LogP contribution >= 0.6 is 0 Å². The first-order valence-corrected chi connectivity index (χ1v) is 4.72. The van der Waals surface area contributed by atoms with Crippen LogP contribution in [0, 0.1) is 13.8 Å². The van der Waals surface area contributed by atoms with E-state index < -0.39 is 5.97 Å². The molecule has 0 aliphatic carbocycles. The summed E-state index contributed by atoms with van der Waals surface area (Å²) in [4.78, 5) is 10.3. The molecule has 4 heteroatoms. The molecule has 0 heterocycles. The van der Waals surface area contributed by atoms with Crippen molar-refractivity contribution in [3.63, 3.8) is 0 Å². The Bertz CT molecular complexity index is 351. The normalized spacial score (nSPS) is 10.3. The summed E-state index contributed by atoms with van der Waals surface area (Å²) in [7, 11) is 0. The third-order valence-corrected chi connectivity index (χ3v) is 2.26. The van der Waals surface area contributed by atoms with E-state index in [0.717, 1.165) is 16.7 Å². The SMILES string of the molecule is Cc1cc(O)cc(C)c1CNCC(=O)O. The van der Waals surface area contributed by atoms with Crippen molar-refractivity contribution < 1.29 is 15.0 Å². The number of hydrogen-bond acceptors (Lipinski definition) is 3. The van der Waals surface area contributed by atoms with Crippen LogP contribution in [0.1, 0.15) is 16.7 Å². The fraction of sp³-hybridized carbons (Fsp3) is 0.364. The number of carboxylic acid groups (broad SMARTS) is 1. The zero-order valence-electron chi connectivity index (χ0n) is 8.87. The van der Waals surface area contributed by atoms with E-state index in [0.29, 0.717) is 6.54 Å². The smallest absolute Gasteiger partial charge is 0.317 e. The lowest BCUT2D eigenvalue weighted by atomic mass is 10.0. The number of hydrogen-bond donors (Lipinski definition) is 3. The topological polar surface area (TPSA) is 69.6 Å². The molecular formula is C11H15NO3. The average molecular weight is 209 g/mol. The number of carboxylic acids is 1.